The lowest BCUT2D eigenvalue weighted by atomic mass is 9.78. The topological polar surface area (TPSA) is 48.4 Å². The van der Waals surface area contributed by atoms with Crippen molar-refractivity contribution in [1.82, 2.24) is 4.98 Å². The lowest BCUT2D eigenvalue weighted by molar-refractivity contribution is -0.109. The van der Waals surface area contributed by atoms with E-state index in [4.69, 9.17) is 9.31 Å². The molecule has 4 nitrogen and oxygen atoms in total. The number of fused-ring (bicyclic) bond motifs is 1. The van der Waals surface area contributed by atoms with Crippen molar-refractivity contribution in [3.63, 3.8) is 0 Å². The summed E-state index contributed by atoms with van der Waals surface area (Å²) in [6.45, 7) is 9.70. The predicted molar refractivity (Wildman–Crippen MR) is 109 cm³/mol. The van der Waals surface area contributed by atoms with E-state index >= 15 is 0 Å². The number of thioether (sulfide) groups is 1. The summed E-state index contributed by atoms with van der Waals surface area (Å²) in [4.78, 5) is 16.0. The first-order valence-electron chi connectivity index (χ1n) is 8.73. The van der Waals surface area contributed by atoms with Gasteiger partial charge in [0.05, 0.1) is 16.7 Å². The van der Waals surface area contributed by atoms with Crippen molar-refractivity contribution in [2.75, 3.05) is 5.75 Å². The molecule has 0 saturated carbocycles. The molecule has 0 amide bonds. The molecular formula is C20H24BNO3S. The van der Waals surface area contributed by atoms with Crippen molar-refractivity contribution in [2.45, 2.75) is 45.8 Å². The summed E-state index contributed by atoms with van der Waals surface area (Å²) >= 11 is 1.26. The van der Waals surface area contributed by atoms with Crippen LogP contribution in [0.1, 0.15) is 40.2 Å². The molecule has 1 saturated heterocycles. The molecule has 2 heterocycles. The first kappa shape index (κ1) is 19.1. The van der Waals surface area contributed by atoms with E-state index in [0.717, 1.165) is 21.9 Å². The fraction of sp³-hybridized carbons (Fsp3) is 0.400. The lowest BCUT2D eigenvalue weighted by Gasteiger charge is -2.32. The second-order valence-electron chi connectivity index (χ2n) is 7.51. The Kier molecular flexibility index (Phi) is 5.29. The SMILES string of the molecule is CC(=O)SCC(=Cc1cccc2cccnc12)B1OC(C)(C)C(C)(C)O1. The largest absolute Gasteiger partial charge is 0.491 e. The molecule has 1 aliphatic heterocycles. The molecule has 26 heavy (non-hydrogen) atoms. The number of pyridine rings is 1. The molecule has 1 aliphatic rings. The van der Waals surface area contributed by atoms with Gasteiger partial charge in [0.1, 0.15) is 0 Å². The Labute approximate surface area is 159 Å². The number of rotatable bonds is 4. The highest BCUT2D eigenvalue weighted by molar-refractivity contribution is 8.13. The van der Waals surface area contributed by atoms with Crippen molar-refractivity contribution >= 4 is 41.0 Å². The lowest BCUT2D eigenvalue weighted by Crippen LogP contribution is -2.41. The number of aromatic nitrogens is 1. The van der Waals surface area contributed by atoms with Crippen LogP contribution in [-0.2, 0) is 14.1 Å². The van der Waals surface area contributed by atoms with E-state index in [1.807, 2.05) is 64.1 Å². The smallest absolute Gasteiger partial charge is 0.400 e. The maximum absolute atomic E-state index is 11.5. The van der Waals surface area contributed by atoms with Gasteiger partial charge in [0.25, 0.3) is 0 Å². The van der Waals surface area contributed by atoms with Crippen LogP contribution in [0, 0.1) is 0 Å². The molecule has 0 spiro atoms. The summed E-state index contributed by atoms with van der Waals surface area (Å²) in [5.74, 6) is 0.523. The van der Waals surface area contributed by atoms with Gasteiger partial charge in [-0.3, -0.25) is 9.78 Å². The van der Waals surface area contributed by atoms with Gasteiger partial charge in [0.15, 0.2) is 5.12 Å². The molecule has 1 fully saturated rings. The minimum atomic E-state index is -0.481. The molecule has 0 aliphatic carbocycles. The number of nitrogens with zero attached hydrogens (tertiary/aromatic N) is 1. The maximum atomic E-state index is 11.5. The van der Waals surface area contributed by atoms with Gasteiger partial charge in [-0.15, -0.1) is 0 Å². The van der Waals surface area contributed by atoms with Crippen LogP contribution in [0.4, 0.5) is 0 Å². The van der Waals surface area contributed by atoms with Crippen molar-refractivity contribution in [1.29, 1.82) is 0 Å². The van der Waals surface area contributed by atoms with E-state index in [1.165, 1.54) is 11.8 Å². The molecule has 1 aromatic heterocycles. The van der Waals surface area contributed by atoms with Crippen LogP contribution in [0.5, 0.6) is 0 Å². The highest BCUT2D eigenvalue weighted by Crippen LogP contribution is 2.39. The van der Waals surface area contributed by atoms with Gasteiger partial charge in [-0.25, -0.2) is 0 Å². The third kappa shape index (κ3) is 3.87. The van der Waals surface area contributed by atoms with Gasteiger partial charge in [0.2, 0.25) is 0 Å². The van der Waals surface area contributed by atoms with Crippen LogP contribution >= 0.6 is 11.8 Å². The summed E-state index contributed by atoms with van der Waals surface area (Å²) < 4.78 is 12.4. The molecule has 0 radical (unpaired) electrons. The van der Waals surface area contributed by atoms with Crippen molar-refractivity contribution in [2.24, 2.45) is 0 Å². The summed E-state index contributed by atoms with van der Waals surface area (Å²) in [5, 5.41) is 1.15. The average molecular weight is 369 g/mol. The van der Waals surface area contributed by atoms with E-state index in [9.17, 15) is 4.79 Å². The molecule has 136 valence electrons. The second-order valence-corrected chi connectivity index (χ2v) is 8.66. The minimum absolute atomic E-state index is 0.0727. The van der Waals surface area contributed by atoms with Crippen LogP contribution in [0.3, 0.4) is 0 Å². The normalized spacial score (nSPS) is 19.1. The first-order chi connectivity index (χ1) is 12.2. The van der Waals surface area contributed by atoms with Crippen LogP contribution in [0.15, 0.2) is 42.0 Å². The monoisotopic (exact) mass is 369 g/mol. The summed E-state index contributed by atoms with van der Waals surface area (Å²) in [5.41, 5.74) is 2.01. The van der Waals surface area contributed by atoms with Gasteiger partial charge in [0, 0.05) is 29.8 Å². The molecule has 0 unspecified atom stereocenters. The average Bonchev–Trinajstić information content (AvgIpc) is 2.79. The molecule has 1 aromatic carbocycles. The number of hydrogen-bond acceptors (Lipinski definition) is 5. The summed E-state index contributed by atoms with van der Waals surface area (Å²) in [6.07, 6.45) is 3.84. The third-order valence-corrected chi connectivity index (χ3v) is 5.89. The molecule has 0 atom stereocenters. The number of hydrogen-bond donors (Lipinski definition) is 0. The van der Waals surface area contributed by atoms with Crippen LogP contribution < -0.4 is 0 Å². The number of carbonyl (C=O) groups excluding carboxylic acids is 1. The van der Waals surface area contributed by atoms with Crippen LogP contribution in [-0.4, -0.2) is 34.2 Å². The summed E-state index contributed by atoms with van der Waals surface area (Å²) in [7, 11) is -0.481. The molecule has 6 heteroatoms. The number of benzene rings is 1. The Balaban J connectivity index is 2.01. The number of carbonyl (C=O) groups is 1. The standard InChI is InChI=1S/C20H24BNO3S/c1-14(23)26-13-17(21-24-19(2,3)20(4,5)25-21)12-16-9-6-8-15-10-7-11-22-18(15)16/h6-12H,13H2,1-5H3. The fourth-order valence-corrected chi connectivity index (χ4v) is 3.39. The fourth-order valence-electron chi connectivity index (χ4n) is 2.80. The molecule has 0 N–H and O–H groups in total. The van der Waals surface area contributed by atoms with Crippen molar-refractivity contribution < 1.29 is 14.1 Å². The van der Waals surface area contributed by atoms with E-state index in [2.05, 4.69) is 4.98 Å². The highest BCUT2D eigenvalue weighted by Gasteiger charge is 2.52. The quantitative estimate of drug-likeness (QED) is 0.741. The third-order valence-electron chi connectivity index (χ3n) is 5.00. The Hall–Kier alpha value is -1.63. The van der Waals surface area contributed by atoms with Crippen LogP contribution in [0.25, 0.3) is 17.0 Å². The zero-order chi connectivity index (χ0) is 18.9. The Morgan fingerprint density at radius 3 is 2.46 bits per heavy atom. The highest BCUT2D eigenvalue weighted by atomic mass is 32.2. The Morgan fingerprint density at radius 1 is 1.15 bits per heavy atom. The van der Waals surface area contributed by atoms with E-state index in [-0.39, 0.29) is 5.12 Å². The van der Waals surface area contributed by atoms with Crippen molar-refractivity contribution in [3.8, 4) is 0 Å². The van der Waals surface area contributed by atoms with Gasteiger partial charge in [-0.05, 0) is 39.2 Å². The van der Waals surface area contributed by atoms with E-state index in [0.29, 0.717) is 5.75 Å². The number of para-hydroxylation sites is 1. The second kappa shape index (κ2) is 7.18. The maximum Gasteiger partial charge on any atom is 0.491 e. The zero-order valence-electron chi connectivity index (χ0n) is 15.9. The van der Waals surface area contributed by atoms with E-state index < -0.39 is 18.3 Å². The van der Waals surface area contributed by atoms with Crippen LogP contribution in [0.2, 0.25) is 0 Å². The Bertz CT molecular complexity index is 842. The van der Waals surface area contributed by atoms with Gasteiger partial charge < -0.3 is 9.31 Å². The first-order valence-corrected chi connectivity index (χ1v) is 9.71. The molecule has 0 bridgehead atoms. The van der Waals surface area contributed by atoms with Gasteiger partial charge >= 0.3 is 7.12 Å². The Morgan fingerprint density at radius 2 is 1.81 bits per heavy atom. The van der Waals surface area contributed by atoms with Crippen molar-refractivity contribution in [3.05, 3.63) is 47.6 Å². The summed E-state index contributed by atoms with van der Waals surface area (Å²) in [6, 6.07) is 10.0. The molecule has 3 rings (SSSR count). The van der Waals surface area contributed by atoms with E-state index in [1.54, 1.807) is 13.1 Å². The minimum Gasteiger partial charge on any atom is -0.400 e. The predicted octanol–water partition coefficient (Wildman–Crippen LogP) is 4.53. The molecule has 2 aromatic rings. The zero-order valence-corrected chi connectivity index (χ0v) is 16.7. The molecular weight excluding hydrogens is 345 g/mol. The van der Waals surface area contributed by atoms with Gasteiger partial charge in [-0.2, -0.15) is 0 Å². The van der Waals surface area contributed by atoms with Gasteiger partial charge in [-0.1, -0.05) is 42.1 Å².